The standard InChI is InChI=1S/C11H11ClN4O4S/c1-6(10-13-5-14-15-10)16-21(19,20)9-4-7(11(17)18)2-3-8(9)12/h2-6,16H,1H3,(H,17,18)(H,13,14,15). The van der Waals surface area contributed by atoms with E-state index >= 15 is 0 Å². The lowest BCUT2D eigenvalue weighted by Crippen LogP contribution is -2.28. The Morgan fingerprint density at radius 3 is 2.76 bits per heavy atom. The molecule has 0 bridgehead atoms. The predicted octanol–water partition coefficient (Wildman–Crippen LogP) is 1.20. The zero-order chi connectivity index (χ0) is 15.6. The molecule has 112 valence electrons. The van der Waals surface area contributed by atoms with Crippen molar-refractivity contribution in [3.05, 3.63) is 40.9 Å². The number of aromatic carboxylic acids is 1. The van der Waals surface area contributed by atoms with Crippen LogP contribution in [0.3, 0.4) is 0 Å². The summed E-state index contributed by atoms with van der Waals surface area (Å²) in [5, 5.41) is 15.0. The molecule has 1 heterocycles. The SMILES string of the molecule is CC(NS(=O)(=O)c1cc(C(=O)O)ccc1Cl)c1ncn[nH]1. The molecule has 10 heteroatoms. The number of nitrogens with one attached hydrogen (secondary N) is 2. The molecular weight excluding hydrogens is 320 g/mol. The average molecular weight is 331 g/mol. The van der Waals surface area contributed by atoms with Crippen molar-refractivity contribution in [3.8, 4) is 0 Å². The summed E-state index contributed by atoms with van der Waals surface area (Å²) in [5.41, 5.74) is -0.174. The molecule has 2 rings (SSSR count). The van der Waals surface area contributed by atoms with Crippen LogP contribution in [0, 0.1) is 0 Å². The Morgan fingerprint density at radius 2 is 2.19 bits per heavy atom. The van der Waals surface area contributed by atoms with Crippen LogP contribution in [0.5, 0.6) is 0 Å². The third kappa shape index (κ3) is 3.38. The van der Waals surface area contributed by atoms with Crippen LogP contribution in [0.15, 0.2) is 29.4 Å². The van der Waals surface area contributed by atoms with Gasteiger partial charge in [-0.1, -0.05) is 11.6 Å². The molecule has 1 atom stereocenters. The highest BCUT2D eigenvalue weighted by Crippen LogP contribution is 2.24. The van der Waals surface area contributed by atoms with Gasteiger partial charge in [-0.3, -0.25) is 5.10 Å². The van der Waals surface area contributed by atoms with Crippen molar-refractivity contribution in [1.82, 2.24) is 19.9 Å². The topological polar surface area (TPSA) is 125 Å². The van der Waals surface area contributed by atoms with Gasteiger partial charge in [0.1, 0.15) is 17.0 Å². The molecule has 0 aliphatic rings. The minimum absolute atomic E-state index is 0.0720. The van der Waals surface area contributed by atoms with Gasteiger partial charge in [0.15, 0.2) is 0 Å². The Balaban J connectivity index is 2.35. The first-order valence-electron chi connectivity index (χ1n) is 5.71. The zero-order valence-corrected chi connectivity index (χ0v) is 12.3. The Kier molecular flexibility index (Phi) is 4.26. The predicted molar refractivity (Wildman–Crippen MR) is 73.5 cm³/mol. The fourth-order valence-electron chi connectivity index (χ4n) is 1.62. The Hall–Kier alpha value is -1.97. The number of H-pyrrole nitrogens is 1. The number of nitrogens with zero attached hydrogens (tertiary/aromatic N) is 2. The Labute approximate surface area is 125 Å². The van der Waals surface area contributed by atoms with E-state index in [-0.39, 0.29) is 15.5 Å². The molecule has 0 aliphatic heterocycles. The lowest BCUT2D eigenvalue weighted by molar-refractivity contribution is 0.0696. The number of carbonyl (C=O) groups is 1. The van der Waals surface area contributed by atoms with E-state index in [1.807, 2.05) is 0 Å². The van der Waals surface area contributed by atoms with Crippen LogP contribution < -0.4 is 4.72 Å². The van der Waals surface area contributed by atoms with E-state index in [0.29, 0.717) is 5.82 Å². The number of aromatic nitrogens is 3. The normalized spacial score (nSPS) is 13.0. The zero-order valence-electron chi connectivity index (χ0n) is 10.7. The molecule has 0 spiro atoms. The fourth-order valence-corrected chi connectivity index (χ4v) is 3.35. The van der Waals surface area contributed by atoms with Crippen LogP contribution in [0.2, 0.25) is 5.02 Å². The van der Waals surface area contributed by atoms with Crippen molar-refractivity contribution < 1.29 is 18.3 Å². The van der Waals surface area contributed by atoms with Gasteiger partial charge in [-0.2, -0.15) is 5.10 Å². The molecule has 0 saturated heterocycles. The highest BCUT2D eigenvalue weighted by Gasteiger charge is 2.23. The lowest BCUT2D eigenvalue weighted by atomic mass is 10.2. The van der Waals surface area contributed by atoms with E-state index in [4.69, 9.17) is 16.7 Å². The number of carboxylic acids is 1. The van der Waals surface area contributed by atoms with Crippen LogP contribution in [0.1, 0.15) is 29.1 Å². The van der Waals surface area contributed by atoms with E-state index in [1.165, 1.54) is 18.5 Å². The van der Waals surface area contributed by atoms with Gasteiger partial charge in [-0.05, 0) is 25.1 Å². The van der Waals surface area contributed by atoms with Crippen molar-refractivity contribution in [3.63, 3.8) is 0 Å². The number of aromatic amines is 1. The summed E-state index contributed by atoms with van der Waals surface area (Å²) in [4.78, 5) is 14.5. The van der Waals surface area contributed by atoms with Gasteiger partial charge in [-0.15, -0.1) is 0 Å². The summed E-state index contributed by atoms with van der Waals surface area (Å²) >= 11 is 5.85. The lowest BCUT2D eigenvalue weighted by Gasteiger charge is -2.13. The molecule has 8 nitrogen and oxygen atoms in total. The molecule has 0 saturated carbocycles. The second-order valence-electron chi connectivity index (χ2n) is 4.16. The minimum atomic E-state index is -4.01. The molecule has 0 radical (unpaired) electrons. The van der Waals surface area contributed by atoms with Gasteiger partial charge in [0, 0.05) is 0 Å². The number of hydrogen-bond acceptors (Lipinski definition) is 5. The smallest absolute Gasteiger partial charge is 0.335 e. The summed E-state index contributed by atoms with van der Waals surface area (Å²) in [6, 6.07) is 2.77. The van der Waals surface area contributed by atoms with Crippen molar-refractivity contribution in [2.75, 3.05) is 0 Å². The third-order valence-electron chi connectivity index (χ3n) is 2.64. The molecule has 0 amide bonds. The van der Waals surface area contributed by atoms with Crippen LogP contribution in [0.4, 0.5) is 0 Å². The molecule has 2 aromatic rings. The van der Waals surface area contributed by atoms with Crippen molar-refractivity contribution in [1.29, 1.82) is 0 Å². The van der Waals surface area contributed by atoms with Crippen LogP contribution in [0.25, 0.3) is 0 Å². The quantitative estimate of drug-likeness (QED) is 0.756. The van der Waals surface area contributed by atoms with E-state index in [2.05, 4.69) is 19.9 Å². The van der Waals surface area contributed by atoms with E-state index in [0.717, 1.165) is 6.07 Å². The van der Waals surface area contributed by atoms with E-state index in [9.17, 15) is 13.2 Å². The Bertz CT molecular complexity index is 761. The van der Waals surface area contributed by atoms with Gasteiger partial charge in [0.2, 0.25) is 10.0 Å². The summed E-state index contributed by atoms with van der Waals surface area (Å²) in [7, 11) is -4.01. The monoisotopic (exact) mass is 330 g/mol. The fraction of sp³-hybridized carbons (Fsp3) is 0.182. The summed E-state index contributed by atoms with van der Waals surface area (Å²) in [5.74, 6) is -0.921. The van der Waals surface area contributed by atoms with E-state index < -0.39 is 22.0 Å². The van der Waals surface area contributed by atoms with Crippen LogP contribution >= 0.6 is 11.6 Å². The number of hydrogen-bond donors (Lipinski definition) is 3. The van der Waals surface area contributed by atoms with Crippen molar-refractivity contribution >= 4 is 27.6 Å². The molecule has 3 N–H and O–H groups in total. The first kappa shape index (κ1) is 15.4. The molecule has 0 aliphatic carbocycles. The Morgan fingerprint density at radius 1 is 1.48 bits per heavy atom. The molecule has 21 heavy (non-hydrogen) atoms. The first-order chi connectivity index (χ1) is 9.81. The highest BCUT2D eigenvalue weighted by molar-refractivity contribution is 7.89. The average Bonchev–Trinajstić information content (AvgIpc) is 2.92. The molecule has 1 aromatic carbocycles. The van der Waals surface area contributed by atoms with Gasteiger partial charge < -0.3 is 5.11 Å². The number of carboxylic acid groups (broad SMARTS) is 1. The first-order valence-corrected chi connectivity index (χ1v) is 7.58. The summed E-state index contributed by atoms with van der Waals surface area (Å²) < 4.78 is 26.9. The molecule has 1 unspecified atom stereocenters. The summed E-state index contributed by atoms with van der Waals surface area (Å²) in [6.07, 6.45) is 1.25. The number of benzene rings is 1. The number of sulfonamides is 1. The van der Waals surface area contributed by atoms with Crippen LogP contribution in [-0.2, 0) is 10.0 Å². The largest absolute Gasteiger partial charge is 0.478 e. The second-order valence-corrected chi connectivity index (χ2v) is 6.25. The highest BCUT2D eigenvalue weighted by atomic mass is 35.5. The van der Waals surface area contributed by atoms with E-state index in [1.54, 1.807) is 6.92 Å². The third-order valence-corrected chi connectivity index (χ3v) is 4.67. The maximum Gasteiger partial charge on any atom is 0.335 e. The minimum Gasteiger partial charge on any atom is -0.478 e. The maximum atomic E-state index is 12.3. The van der Waals surface area contributed by atoms with Gasteiger partial charge >= 0.3 is 5.97 Å². The van der Waals surface area contributed by atoms with Gasteiger partial charge in [0.05, 0.1) is 16.6 Å². The molecule has 1 aromatic heterocycles. The maximum absolute atomic E-state index is 12.3. The second kappa shape index (κ2) is 5.80. The van der Waals surface area contributed by atoms with Crippen molar-refractivity contribution in [2.24, 2.45) is 0 Å². The van der Waals surface area contributed by atoms with Crippen LogP contribution in [-0.4, -0.2) is 34.7 Å². The summed E-state index contributed by atoms with van der Waals surface area (Å²) in [6.45, 7) is 1.56. The van der Waals surface area contributed by atoms with Crippen molar-refractivity contribution in [2.45, 2.75) is 17.9 Å². The molecular formula is C11H11ClN4O4S. The molecule has 0 fully saturated rings. The van der Waals surface area contributed by atoms with Gasteiger partial charge in [0.25, 0.3) is 0 Å². The number of rotatable bonds is 5. The number of halogens is 1. The van der Waals surface area contributed by atoms with Gasteiger partial charge in [-0.25, -0.2) is 22.9 Å².